The zero-order valence-corrected chi connectivity index (χ0v) is 16.6. The topological polar surface area (TPSA) is 39.6 Å². The summed E-state index contributed by atoms with van der Waals surface area (Å²) < 4.78 is 0. The number of rotatable bonds is 10. The molecule has 0 unspecified atom stereocenters. The standard InChI is InChI=1S/C21H28ClN3O/c1-4-13-25(14-5-2)16-26-24(3)20-12-11-18(22)15-19(20)21(23)17-9-7-6-8-10-17/h6-12,15,23H,4-5,13-14,16H2,1-3H3. The van der Waals surface area contributed by atoms with E-state index in [9.17, 15) is 0 Å². The van der Waals surface area contributed by atoms with Crippen molar-refractivity contribution >= 4 is 23.0 Å². The fourth-order valence-corrected chi connectivity index (χ4v) is 3.03. The first-order valence-electron chi connectivity index (χ1n) is 9.09. The minimum absolute atomic E-state index is 0.428. The van der Waals surface area contributed by atoms with Crippen LogP contribution in [0.1, 0.15) is 37.8 Å². The molecule has 0 bridgehead atoms. The molecular formula is C21H28ClN3O. The molecule has 0 aliphatic rings. The number of hydrogen-bond acceptors (Lipinski definition) is 4. The lowest BCUT2D eigenvalue weighted by molar-refractivity contribution is 0.0202. The van der Waals surface area contributed by atoms with Crippen LogP contribution in [0, 0.1) is 5.41 Å². The highest BCUT2D eigenvalue weighted by Crippen LogP contribution is 2.26. The van der Waals surface area contributed by atoms with Gasteiger partial charge in [-0.3, -0.25) is 20.2 Å². The summed E-state index contributed by atoms with van der Waals surface area (Å²) in [5.74, 6) is 0. The summed E-state index contributed by atoms with van der Waals surface area (Å²) in [6.07, 6.45) is 2.19. The van der Waals surface area contributed by atoms with Crippen LogP contribution in [-0.4, -0.2) is 37.5 Å². The number of nitrogens with zero attached hydrogens (tertiary/aromatic N) is 2. The second-order valence-corrected chi connectivity index (χ2v) is 6.71. The molecule has 0 radical (unpaired) electrons. The van der Waals surface area contributed by atoms with Gasteiger partial charge in [-0.25, -0.2) is 0 Å². The highest BCUT2D eigenvalue weighted by molar-refractivity contribution is 6.31. The van der Waals surface area contributed by atoms with Gasteiger partial charge in [-0.15, -0.1) is 0 Å². The van der Waals surface area contributed by atoms with Gasteiger partial charge >= 0.3 is 0 Å². The van der Waals surface area contributed by atoms with Crippen LogP contribution < -0.4 is 5.06 Å². The summed E-state index contributed by atoms with van der Waals surface area (Å²) >= 11 is 6.20. The Morgan fingerprint density at radius 1 is 1.04 bits per heavy atom. The molecule has 0 heterocycles. The molecule has 26 heavy (non-hydrogen) atoms. The molecule has 0 saturated carbocycles. The van der Waals surface area contributed by atoms with Gasteiger partial charge in [0.15, 0.2) is 0 Å². The maximum Gasteiger partial charge on any atom is 0.128 e. The number of nitrogens with one attached hydrogen (secondary N) is 1. The molecule has 1 N–H and O–H groups in total. The zero-order chi connectivity index (χ0) is 18.9. The molecule has 140 valence electrons. The van der Waals surface area contributed by atoms with Crippen molar-refractivity contribution < 1.29 is 4.84 Å². The molecule has 0 amide bonds. The van der Waals surface area contributed by atoms with E-state index >= 15 is 0 Å². The molecule has 4 nitrogen and oxygen atoms in total. The van der Waals surface area contributed by atoms with Gasteiger partial charge in [0.1, 0.15) is 6.73 Å². The highest BCUT2D eigenvalue weighted by atomic mass is 35.5. The second-order valence-electron chi connectivity index (χ2n) is 6.28. The Morgan fingerprint density at radius 3 is 2.31 bits per heavy atom. The molecule has 5 heteroatoms. The van der Waals surface area contributed by atoms with Crippen molar-refractivity contribution in [2.75, 3.05) is 31.9 Å². The number of halogens is 1. The van der Waals surface area contributed by atoms with Crippen molar-refractivity contribution in [1.29, 1.82) is 5.41 Å². The van der Waals surface area contributed by atoms with Gasteiger partial charge in [-0.1, -0.05) is 55.8 Å². The van der Waals surface area contributed by atoms with Crippen molar-refractivity contribution in [2.24, 2.45) is 0 Å². The van der Waals surface area contributed by atoms with Gasteiger partial charge in [0, 0.05) is 36.3 Å². The summed E-state index contributed by atoms with van der Waals surface area (Å²) in [5, 5.41) is 10.9. The van der Waals surface area contributed by atoms with Crippen LogP contribution in [0.2, 0.25) is 5.02 Å². The Kier molecular flexibility index (Phi) is 8.10. The molecule has 2 rings (SSSR count). The molecule has 2 aromatic rings. The Bertz CT molecular complexity index is 700. The van der Waals surface area contributed by atoms with Gasteiger partial charge in [0.05, 0.1) is 11.4 Å². The van der Waals surface area contributed by atoms with Gasteiger partial charge < -0.3 is 0 Å². The lowest BCUT2D eigenvalue weighted by Crippen LogP contribution is -2.33. The summed E-state index contributed by atoms with van der Waals surface area (Å²) in [7, 11) is 1.88. The third-order valence-corrected chi connectivity index (χ3v) is 4.38. The SMILES string of the molecule is CCCN(CCC)CON(C)c1ccc(Cl)cc1C(=N)c1ccccc1. The Labute approximate surface area is 161 Å². The highest BCUT2D eigenvalue weighted by Gasteiger charge is 2.15. The largest absolute Gasteiger partial charge is 0.300 e. The van der Waals surface area contributed by atoms with Crippen molar-refractivity contribution in [3.05, 3.63) is 64.7 Å². The molecule has 0 atom stereocenters. The van der Waals surface area contributed by atoms with Crippen molar-refractivity contribution in [3.63, 3.8) is 0 Å². The first-order valence-corrected chi connectivity index (χ1v) is 9.47. The molecule has 2 aromatic carbocycles. The van der Waals surface area contributed by atoms with Crippen LogP contribution in [0.5, 0.6) is 0 Å². The molecule has 0 saturated heterocycles. The van der Waals surface area contributed by atoms with Gasteiger partial charge in [-0.2, -0.15) is 0 Å². The van der Waals surface area contributed by atoms with Crippen LogP contribution >= 0.6 is 11.6 Å². The molecular weight excluding hydrogens is 346 g/mol. The molecule has 0 fully saturated rings. The molecule has 0 aromatic heterocycles. The zero-order valence-electron chi connectivity index (χ0n) is 15.8. The van der Waals surface area contributed by atoms with E-state index in [1.165, 1.54) is 0 Å². The quantitative estimate of drug-likeness (QED) is 0.353. The Balaban J connectivity index is 2.19. The van der Waals surface area contributed by atoms with E-state index in [-0.39, 0.29) is 0 Å². The predicted molar refractivity (Wildman–Crippen MR) is 110 cm³/mol. The maximum atomic E-state index is 8.60. The van der Waals surface area contributed by atoms with E-state index in [4.69, 9.17) is 21.8 Å². The lowest BCUT2D eigenvalue weighted by atomic mass is 10.0. The normalized spacial score (nSPS) is 11.0. The van der Waals surface area contributed by atoms with Crippen molar-refractivity contribution in [2.45, 2.75) is 26.7 Å². The number of benzene rings is 2. The van der Waals surface area contributed by atoms with E-state index in [1.54, 1.807) is 5.06 Å². The lowest BCUT2D eigenvalue weighted by Gasteiger charge is -2.27. The number of hydroxylamine groups is 1. The third-order valence-electron chi connectivity index (χ3n) is 4.14. The first-order chi connectivity index (χ1) is 12.6. The molecule has 0 aliphatic heterocycles. The minimum Gasteiger partial charge on any atom is -0.300 e. The Morgan fingerprint density at radius 2 is 1.69 bits per heavy atom. The fourth-order valence-electron chi connectivity index (χ4n) is 2.85. The molecule has 0 spiro atoms. The van der Waals surface area contributed by atoms with Crippen LogP contribution in [0.15, 0.2) is 48.5 Å². The smallest absolute Gasteiger partial charge is 0.128 e. The average molecular weight is 374 g/mol. The van der Waals surface area contributed by atoms with Crippen LogP contribution in [0.3, 0.4) is 0 Å². The predicted octanol–water partition coefficient (Wildman–Crippen LogP) is 5.20. The van der Waals surface area contributed by atoms with E-state index in [1.807, 2.05) is 55.6 Å². The first kappa shape index (κ1) is 20.4. The minimum atomic E-state index is 0.428. The summed E-state index contributed by atoms with van der Waals surface area (Å²) in [6.45, 7) is 6.89. The van der Waals surface area contributed by atoms with E-state index in [2.05, 4.69) is 18.7 Å². The maximum absolute atomic E-state index is 8.60. The number of anilines is 1. The van der Waals surface area contributed by atoms with E-state index in [0.29, 0.717) is 17.5 Å². The van der Waals surface area contributed by atoms with Crippen molar-refractivity contribution in [1.82, 2.24) is 4.90 Å². The van der Waals surface area contributed by atoms with Crippen molar-refractivity contribution in [3.8, 4) is 0 Å². The van der Waals surface area contributed by atoms with E-state index < -0.39 is 0 Å². The van der Waals surface area contributed by atoms with E-state index in [0.717, 1.165) is 42.7 Å². The third kappa shape index (κ3) is 5.56. The summed E-state index contributed by atoms with van der Waals surface area (Å²) in [6, 6.07) is 15.2. The van der Waals surface area contributed by atoms with Gasteiger partial charge in [0.25, 0.3) is 0 Å². The molecule has 0 aliphatic carbocycles. The number of hydrogen-bond donors (Lipinski definition) is 1. The van der Waals surface area contributed by atoms with Crippen LogP contribution in [-0.2, 0) is 4.84 Å². The van der Waals surface area contributed by atoms with Crippen LogP contribution in [0.25, 0.3) is 0 Å². The van der Waals surface area contributed by atoms with Crippen LogP contribution in [0.4, 0.5) is 5.69 Å². The average Bonchev–Trinajstić information content (AvgIpc) is 2.66. The Hall–Kier alpha value is -1.88. The fraction of sp³-hybridized carbons (Fsp3) is 0.381. The van der Waals surface area contributed by atoms with Gasteiger partial charge in [0.2, 0.25) is 0 Å². The monoisotopic (exact) mass is 373 g/mol. The summed E-state index contributed by atoms with van der Waals surface area (Å²) in [4.78, 5) is 8.27. The van der Waals surface area contributed by atoms with Gasteiger partial charge in [-0.05, 0) is 31.0 Å². The summed E-state index contributed by atoms with van der Waals surface area (Å²) in [5.41, 5.74) is 2.86. The second kappa shape index (κ2) is 10.3.